The first-order chi connectivity index (χ1) is 21.2. The summed E-state index contributed by atoms with van der Waals surface area (Å²) < 4.78 is 35.1. The van der Waals surface area contributed by atoms with Crippen molar-refractivity contribution >= 4 is 31.4 Å². The Labute approximate surface area is 258 Å². The summed E-state index contributed by atoms with van der Waals surface area (Å²) in [7, 11) is 7.13. The van der Waals surface area contributed by atoms with Crippen LogP contribution in [0.1, 0.15) is 29.8 Å². The molecule has 1 aliphatic rings. The molecule has 226 valence electrons. The van der Waals surface area contributed by atoms with Gasteiger partial charge >= 0.3 is 0 Å². The average Bonchev–Trinajstić information content (AvgIpc) is 3.71. The van der Waals surface area contributed by atoms with Crippen LogP contribution in [0.3, 0.4) is 0 Å². The van der Waals surface area contributed by atoms with E-state index in [-0.39, 0.29) is 49.8 Å². The molecular formula is C28H32B2N8O5S. The van der Waals surface area contributed by atoms with E-state index in [1.54, 1.807) is 30.0 Å². The van der Waals surface area contributed by atoms with Crippen molar-refractivity contribution < 1.29 is 23.2 Å². The van der Waals surface area contributed by atoms with Gasteiger partial charge in [-0.3, -0.25) is 24.3 Å². The van der Waals surface area contributed by atoms with E-state index in [1.165, 1.54) is 21.5 Å². The zero-order chi connectivity index (χ0) is 31.3. The average molecular weight is 614 g/mol. The number of carbonyl (C=O) groups is 1. The van der Waals surface area contributed by atoms with Crippen molar-refractivity contribution in [3.63, 3.8) is 0 Å². The normalized spacial score (nSPS) is 15.3. The van der Waals surface area contributed by atoms with Crippen molar-refractivity contribution in [1.82, 2.24) is 40.4 Å². The lowest BCUT2D eigenvalue weighted by atomic mass is 9.92. The van der Waals surface area contributed by atoms with Crippen molar-refractivity contribution in [3.8, 4) is 11.5 Å². The first-order valence-corrected chi connectivity index (χ1v) is 15.6. The Kier molecular flexibility index (Phi) is 9.51. The molecule has 5 rings (SSSR count). The third-order valence-corrected chi connectivity index (χ3v) is 10.5. The number of nitrogens with one attached hydrogen (secondary N) is 1. The minimum absolute atomic E-state index is 0.0425. The number of hydroxylamine groups is 1. The van der Waals surface area contributed by atoms with Gasteiger partial charge < -0.3 is 4.74 Å². The Morgan fingerprint density at radius 3 is 1.89 bits per heavy atom. The summed E-state index contributed by atoms with van der Waals surface area (Å²) in [6, 6.07) is 13.2. The number of hydrogen-bond donors (Lipinski definition) is 2. The van der Waals surface area contributed by atoms with E-state index < -0.39 is 20.5 Å². The molecule has 0 bridgehead atoms. The summed E-state index contributed by atoms with van der Waals surface area (Å²) in [6.07, 6.45) is 4.73. The number of nitrogens with zero attached hydrogens (tertiary/aromatic N) is 7. The van der Waals surface area contributed by atoms with Crippen LogP contribution in [-0.2, 0) is 40.4 Å². The number of likely N-dealkylation sites (tertiary alicyclic amines) is 1. The van der Waals surface area contributed by atoms with E-state index in [2.05, 4.69) is 25.5 Å². The molecule has 44 heavy (non-hydrogen) atoms. The first-order valence-electron chi connectivity index (χ1n) is 14.1. The van der Waals surface area contributed by atoms with Crippen molar-refractivity contribution in [1.29, 1.82) is 0 Å². The zero-order valence-corrected chi connectivity index (χ0v) is 25.1. The summed E-state index contributed by atoms with van der Waals surface area (Å²) in [5.41, 5.74) is 4.11. The largest absolute Gasteiger partial charge is 0.457 e. The molecule has 1 saturated heterocycles. The number of aryl methyl sites for hydroxylation is 1. The lowest BCUT2D eigenvalue weighted by Crippen LogP contribution is -2.59. The van der Waals surface area contributed by atoms with E-state index in [4.69, 9.17) is 20.4 Å². The second-order valence-corrected chi connectivity index (χ2v) is 13.0. The van der Waals surface area contributed by atoms with E-state index in [0.717, 1.165) is 5.56 Å². The van der Waals surface area contributed by atoms with Crippen LogP contribution in [0.5, 0.6) is 11.5 Å². The van der Waals surface area contributed by atoms with Gasteiger partial charge in [-0.05, 0) is 56.2 Å². The molecule has 2 N–H and O–H groups in total. The van der Waals surface area contributed by atoms with E-state index in [1.807, 2.05) is 31.2 Å². The van der Waals surface area contributed by atoms with E-state index in [9.17, 15) is 18.4 Å². The van der Waals surface area contributed by atoms with E-state index in [0.29, 0.717) is 35.7 Å². The summed E-state index contributed by atoms with van der Waals surface area (Å²) in [5.74, 6) is 0.0927. The summed E-state index contributed by atoms with van der Waals surface area (Å²) in [6.45, 7) is 2.47. The highest BCUT2D eigenvalue weighted by Gasteiger charge is 2.53. The van der Waals surface area contributed by atoms with E-state index >= 15 is 0 Å². The van der Waals surface area contributed by atoms with Crippen molar-refractivity contribution in [2.24, 2.45) is 0 Å². The molecular weight excluding hydrogens is 582 g/mol. The molecule has 1 fully saturated rings. The summed E-state index contributed by atoms with van der Waals surface area (Å²) >= 11 is 0. The molecule has 2 aromatic carbocycles. The lowest BCUT2D eigenvalue weighted by molar-refractivity contribution is -0.133. The number of amides is 1. The number of rotatable bonds is 12. The molecule has 4 radical (unpaired) electrons. The van der Waals surface area contributed by atoms with Crippen molar-refractivity contribution in [3.05, 3.63) is 77.9 Å². The Morgan fingerprint density at radius 1 is 0.932 bits per heavy atom. The van der Waals surface area contributed by atoms with Crippen molar-refractivity contribution in [2.45, 2.75) is 61.2 Å². The molecule has 2 aromatic heterocycles. The van der Waals surface area contributed by atoms with Gasteiger partial charge in [0.1, 0.15) is 11.5 Å². The first kappa shape index (κ1) is 31.4. The van der Waals surface area contributed by atoms with Crippen LogP contribution in [0.15, 0.2) is 65.8 Å². The molecule has 4 aromatic rings. The van der Waals surface area contributed by atoms with Crippen molar-refractivity contribution in [2.75, 3.05) is 13.1 Å². The predicted molar refractivity (Wildman–Crippen MR) is 161 cm³/mol. The maximum Gasteiger partial charge on any atom is 0.265 e. The third kappa shape index (κ3) is 6.56. The number of carbonyl (C=O) groups excluding carboxylic acids is 1. The Morgan fingerprint density at radius 2 is 1.43 bits per heavy atom. The summed E-state index contributed by atoms with van der Waals surface area (Å²) in [5, 5.41) is 26.1. The second-order valence-electron chi connectivity index (χ2n) is 10.8. The van der Waals surface area contributed by atoms with Crippen LogP contribution in [-0.4, -0.2) is 94.0 Å². The number of sulfone groups is 1. The Bertz CT molecular complexity index is 1630. The standard InChI is InChI=1S/C28H32B2N8O5S/c1-20-2-4-24(5-3-20)43-25-6-8-26(9-7-25)44(41,42)28(27(39)33-40)10-12-36(13-11-28)23(14-21-16-37(18-29)34-31-21)15-22-17-38(19-30)35-32-22/h2-9,16-17,23,40H,10-15,18-19H2,1H3,(H,33,39). The highest BCUT2D eigenvalue weighted by Crippen LogP contribution is 2.38. The van der Waals surface area contributed by atoms with Gasteiger partial charge in [-0.2, -0.15) is 0 Å². The number of aromatic nitrogens is 6. The van der Waals surface area contributed by atoms with Gasteiger partial charge in [0.2, 0.25) is 0 Å². The van der Waals surface area contributed by atoms with Crippen LogP contribution in [0.4, 0.5) is 0 Å². The monoisotopic (exact) mass is 614 g/mol. The lowest BCUT2D eigenvalue weighted by Gasteiger charge is -2.42. The maximum atomic E-state index is 14.0. The molecule has 1 aliphatic heterocycles. The fraction of sp³-hybridized carbons (Fsp3) is 0.393. The Balaban J connectivity index is 1.36. The predicted octanol–water partition coefficient (Wildman–Crippen LogP) is 1.19. The van der Waals surface area contributed by atoms with Gasteiger partial charge in [0.25, 0.3) is 5.91 Å². The summed E-state index contributed by atoms with van der Waals surface area (Å²) in [4.78, 5) is 15.2. The fourth-order valence-electron chi connectivity index (χ4n) is 5.48. The highest BCUT2D eigenvalue weighted by atomic mass is 32.2. The smallest absolute Gasteiger partial charge is 0.265 e. The molecule has 3 heterocycles. The Hall–Kier alpha value is -4.01. The highest BCUT2D eigenvalue weighted by molar-refractivity contribution is 7.93. The van der Waals surface area contributed by atoms with Gasteiger partial charge in [-0.25, -0.2) is 13.9 Å². The minimum Gasteiger partial charge on any atom is -0.457 e. The number of benzene rings is 2. The van der Waals surface area contributed by atoms with Gasteiger partial charge in [-0.15, -0.1) is 10.2 Å². The molecule has 0 aliphatic carbocycles. The molecule has 0 saturated carbocycles. The van der Waals surface area contributed by atoms with Gasteiger partial charge in [0, 0.05) is 57.3 Å². The van der Waals surface area contributed by atoms with Crippen LogP contribution >= 0.6 is 0 Å². The molecule has 13 nitrogen and oxygen atoms in total. The topological polar surface area (TPSA) is 157 Å². The van der Waals surface area contributed by atoms with Crippen LogP contribution in [0.25, 0.3) is 0 Å². The van der Waals surface area contributed by atoms with Gasteiger partial charge in [0.15, 0.2) is 14.6 Å². The number of ether oxygens (including phenoxy) is 1. The third-order valence-electron chi connectivity index (χ3n) is 7.98. The van der Waals surface area contributed by atoms with Crippen LogP contribution in [0.2, 0.25) is 0 Å². The quantitative estimate of drug-likeness (QED) is 0.135. The van der Waals surface area contributed by atoms with Gasteiger partial charge in [0.05, 0.1) is 32.0 Å². The molecule has 1 amide bonds. The minimum atomic E-state index is -4.23. The zero-order valence-electron chi connectivity index (χ0n) is 24.3. The van der Waals surface area contributed by atoms with Crippen LogP contribution in [0, 0.1) is 6.92 Å². The fourth-order valence-corrected chi connectivity index (χ4v) is 7.44. The van der Waals surface area contributed by atoms with Crippen LogP contribution < -0.4 is 10.2 Å². The molecule has 0 spiro atoms. The molecule has 16 heteroatoms. The molecule has 0 unspecified atom stereocenters. The maximum absolute atomic E-state index is 14.0. The molecule has 0 atom stereocenters. The van der Waals surface area contributed by atoms with Gasteiger partial charge in [-0.1, -0.05) is 28.1 Å². The SMILES string of the molecule is [B]Cn1cc(CC(Cc2cn(C[B])nn2)N2CCC(C(=O)NO)(S(=O)(=O)c3ccc(Oc4ccc(C)cc4)cc3)CC2)nn1. The number of piperidine rings is 1. The second kappa shape index (κ2) is 13.3. The number of hydrogen-bond acceptors (Lipinski definition) is 10.